The summed E-state index contributed by atoms with van der Waals surface area (Å²) in [6.45, 7) is 6.49. The molecule has 1 amide bonds. The van der Waals surface area contributed by atoms with Crippen molar-refractivity contribution in [3.05, 3.63) is 62.3 Å². The Kier molecular flexibility index (Phi) is 6.83. The fraction of sp³-hybridized carbons (Fsp3) is 0.333. The van der Waals surface area contributed by atoms with Crippen molar-refractivity contribution in [3.63, 3.8) is 0 Å². The number of hydrogen-bond acceptors (Lipinski definition) is 6. The van der Waals surface area contributed by atoms with E-state index in [9.17, 15) is 14.7 Å². The summed E-state index contributed by atoms with van der Waals surface area (Å²) in [6, 6.07) is 6.67. The van der Waals surface area contributed by atoms with Gasteiger partial charge in [-0.15, -0.1) is 0 Å². The van der Waals surface area contributed by atoms with E-state index in [2.05, 4.69) is 4.90 Å². The number of rotatable bonds is 4. The third-order valence-corrected chi connectivity index (χ3v) is 6.44. The monoisotopic (exact) mass is 490 g/mol. The molecule has 4 rings (SSSR count). The third-order valence-electron chi connectivity index (χ3n) is 5.78. The number of carbonyl (C=O) groups excluding carboxylic acids is 2. The quantitative estimate of drug-likeness (QED) is 0.614. The van der Waals surface area contributed by atoms with Crippen LogP contribution >= 0.6 is 23.2 Å². The number of aromatic hydroxyl groups is 1. The lowest BCUT2D eigenvalue weighted by Gasteiger charge is -2.34. The molecule has 0 radical (unpaired) electrons. The van der Waals surface area contributed by atoms with E-state index in [0.717, 1.165) is 0 Å². The molecule has 0 spiro atoms. The number of benzene rings is 2. The van der Waals surface area contributed by atoms with Gasteiger partial charge in [0, 0.05) is 48.3 Å². The molecule has 2 aliphatic rings. The van der Waals surface area contributed by atoms with Crippen molar-refractivity contribution >= 4 is 41.2 Å². The van der Waals surface area contributed by atoms with Crippen LogP contribution in [0.25, 0.3) is 6.08 Å². The largest absolute Gasteiger partial charge is 0.507 e. The molecule has 33 heavy (non-hydrogen) atoms. The molecule has 1 saturated heterocycles. The highest BCUT2D eigenvalue weighted by Gasteiger charge is 2.34. The molecule has 0 aliphatic carbocycles. The summed E-state index contributed by atoms with van der Waals surface area (Å²) >= 11 is 12.5. The van der Waals surface area contributed by atoms with E-state index in [1.165, 1.54) is 6.08 Å². The number of carbonyl (C=O) groups is 2. The second-order valence-corrected chi connectivity index (χ2v) is 8.75. The molecule has 0 saturated carbocycles. The Morgan fingerprint density at radius 3 is 2.52 bits per heavy atom. The summed E-state index contributed by atoms with van der Waals surface area (Å²) in [6.07, 6.45) is 1.21. The highest BCUT2D eigenvalue weighted by atomic mass is 35.5. The molecule has 0 bridgehead atoms. The smallest absolute Gasteiger partial charge is 0.409 e. The fourth-order valence-electron chi connectivity index (χ4n) is 4.04. The normalized spacial score (nSPS) is 17.3. The summed E-state index contributed by atoms with van der Waals surface area (Å²) in [5, 5.41) is 11.5. The van der Waals surface area contributed by atoms with Crippen LogP contribution in [0, 0.1) is 6.92 Å². The molecule has 1 N–H and O–H groups in total. The molecule has 0 aromatic heterocycles. The van der Waals surface area contributed by atoms with Crippen LogP contribution in [0.3, 0.4) is 0 Å². The highest BCUT2D eigenvalue weighted by Crippen LogP contribution is 2.43. The maximum Gasteiger partial charge on any atom is 0.409 e. The van der Waals surface area contributed by atoms with Gasteiger partial charge in [-0.25, -0.2) is 4.79 Å². The van der Waals surface area contributed by atoms with Gasteiger partial charge in [0.15, 0.2) is 5.76 Å². The Bertz CT molecular complexity index is 1120. The van der Waals surface area contributed by atoms with E-state index in [4.69, 9.17) is 32.7 Å². The van der Waals surface area contributed by atoms with Gasteiger partial charge in [0.2, 0.25) is 5.78 Å². The van der Waals surface area contributed by atoms with E-state index in [-0.39, 0.29) is 23.4 Å². The van der Waals surface area contributed by atoms with Gasteiger partial charge in [0.05, 0.1) is 17.7 Å². The Labute approximate surface area is 202 Å². The number of nitrogens with zero attached hydrogens (tertiary/aromatic N) is 2. The number of piperazine rings is 1. The number of ether oxygens (including phenoxy) is 2. The van der Waals surface area contributed by atoms with Crippen molar-refractivity contribution in [3.8, 4) is 11.5 Å². The minimum Gasteiger partial charge on any atom is -0.507 e. The minimum absolute atomic E-state index is 0.0592. The number of phenols is 1. The summed E-state index contributed by atoms with van der Waals surface area (Å²) in [7, 11) is 0. The fourth-order valence-corrected chi connectivity index (χ4v) is 4.55. The molecule has 0 unspecified atom stereocenters. The van der Waals surface area contributed by atoms with E-state index < -0.39 is 0 Å². The molecule has 2 aliphatic heterocycles. The van der Waals surface area contributed by atoms with Crippen LogP contribution in [0.2, 0.25) is 10.0 Å². The number of amides is 1. The van der Waals surface area contributed by atoms with Crippen LogP contribution in [-0.2, 0) is 11.3 Å². The summed E-state index contributed by atoms with van der Waals surface area (Å²) < 4.78 is 11.0. The number of hydrogen-bond donors (Lipinski definition) is 1. The first-order chi connectivity index (χ1) is 15.8. The van der Waals surface area contributed by atoms with E-state index in [1.807, 2.05) is 0 Å². The zero-order valence-electron chi connectivity index (χ0n) is 18.4. The minimum atomic E-state index is -0.321. The molecule has 0 atom stereocenters. The van der Waals surface area contributed by atoms with E-state index in [0.29, 0.717) is 77.4 Å². The molecule has 9 heteroatoms. The lowest BCUT2D eigenvalue weighted by atomic mass is 9.99. The average molecular weight is 491 g/mol. The van der Waals surface area contributed by atoms with Crippen molar-refractivity contribution in [1.82, 2.24) is 9.80 Å². The van der Waals surface area contributed by atoms with Gasteiger partial charge in [-0.05, 0) is 43.7 Å². The van der Waals surface area contributed by atoms with E-state index in [1.54, 1.807) is 43.0 Å². The Hall–Kier alpha value is -2.74. The second kappa shape index (κ2) is 9.63. The predicted octanol–water partition coefficient (Wildman–Crippen LogP) is 4.90. The SMILES string of the molecule is CCOC(=O)N1CCN(Cc2c(O)cc(C)c3c2O/C(=C/c2c(Cl)cccc2Cl)C3=O)CC1. The summed E-state index contributed by atoms with van der Waals surface area (Å²) in [5.41, 5.74) is 2.07. The van der Waals surface area contributed by atoms with Gasteiger partial charge in [-0.1, -0.05) is 29.3 Å². The molecule has 2 aromatic carbocycles. The third kappa shape index (κ3) is 4.67. The predicted molar refractivity (Wildman–Crippen MR) is 126 cm³/mol. The molecular weight excluding hydrogens is 467 g/mol. The standard InChI is InChI=1S/C24H24Cl2N2O5/c1-3-32-24(31)28-9-7-27(8-10-28)13-16-19(29)11-14(2)21-22(30)20(33-23(16)21)12-15-17(25)5-4-6-18(15)26/h4-6,11-12,29H,3,7-10,13H2,1-2H3/b20-12+. The molecule has 1 fully saturated rings. The number of ketones is 1. The summed E-state index contributed by atoms with van der Waals surface area (Å²) in [4.78, 5) is 28.8. The van der Waals surface area contributed by atoms with Gasteiger partial charge in [-0.3, -0.25) is 9.69 Å². The molecule has 2 aromatic rings. The number of Topliss-reactive ketones (excluding diaryl/α,β-unsaturated/α-hetero) is 1. The molecule has 174 valence electrons. The van der Waals surface area contributed by atoms with Crippen molar-refractivity contribution in [2.75, 3.05) is 32.8 Å². The van der Waals surface area contributed by atoms with E-state index >= 15 is 0 Å². The van der Waals surface area contributed by atoms with Crippen LogP contribution in [0.4, 0.5) is 4.79 Å². The lowest BCUT2D eigenvalue weighted by molar-refractivity contribution is 0.0774. The topological polar surface area (TPSA) is 79.3 Å². The summed E-state index contributed by atoms with van der Waals surface area (Å²) in [5.74, 6) is 0.220. The van der Waals surface area contributed by atoms with Crippen molar-refractivity contribution in [2.45, 2.75) is 20.4 Å². The van der Waals surface area contributed by atoms with Gasteiger partial charge >= 0.3 is 6.09 Å². The van der Waals surface area contributed by atoms with Gasteiger partial charge in [0.25, 0.3) is 0 Å². The van der Waals surface area contributed by atoms with Crippen LogP contribution in [0.5, 0.6) is 11.5 Å². The molecule has 7 nitrogen and oxygen atoms in total. The Morgan fingerprint density at radius 1 is 1.21 bits per heavy atom. The van der Waals surface area contributed by atoms with Gasteiger partial charge in [0.1, 0.15) is 11.5 Å². The van der Waals surface area contributed by atoms with Gasteiger partial charge in [-0.2, -0.15) is 0 Å². The maximum absolute atomic E-state index is 13.1. The molecule has 2 heterocycles. The van der Waals surface area contributed by atoms with Crippen molar-refractivity contribution in [2.24, 2.45) is 0 Å². The number of fused-ring (bicyclic) bond motifs is 1. The Morgan fingerprint density at radius 2 is 1.88 bits per heavy atom. The zero-order chi connectivity index (χ0) is 23.7. The van der Waals surface area contributed by atoms with Crippen LogP contribution in [0.1, 0.15) is 34.0 Å². The number of phenolic OH excluding ortho intramolecular Hbond substituents is 1. The van der Waals surface area contributed by atoms with Crippen LogP contribution < -0.4 is 4.74 Å². The number of allylic oxidation sites excluding steroid dienone is 1. The first-order valence-corrected chi connectivity index (χ1v) is 11.4. The first kappa shape index (κ1) is 23.4. The zero-order valence-corrected chi connectivity index (χ0v) is 19.9. The van der Waals surface area contributed by atoms with Crippen LogP contribution in [-0.4, -0.2) is 59.6 Å². The lowest BCUT2D eigenvalue weighted by Crippen LogP contribution is -2.48. The average Bonchev–Trinajstić information content (AvgIpc) is 3.11. The highest BCUT2D eigenvalue weighted by molar-refractivity contribution is 6.37. The number of halogens is 2. The maximum atomic E-state index is 13.1. The number of aryl methyl sites for hydroxylation is 1. The van der Waals surface area contributed by atoms with Gasteiger partial charge < -0.3 is 19.5 Å². The Balaban J connectivity index is 1.59. The first-order valence-electron chi connectivity index (χ1n) is 10.7. The molecular formula is C24H24Cl2N2O5. The van der Waals surface area contributed by atoms with Crippen molar-refractivity contribution < 1.29 is 24.2 Å². The second-order valence-electron chi connectivity index (χ2n) is 7.93. The van der Waals surface area contributed by atoms with Crippen LogP contribution in [0.15, 0.2) is 30.0 Å². The van der Waals surface area contributed by atoms with Crippen molar-refractivity contribution in [1.29, 1.82) is 0 Å².